The summed E-state index contributed by atoms with van der Waals surface area (Å²) < 4.78 is 5.41. The van der Waals surface area contributed by atoms with E-state index in [2.05, 4.69) is 22.2 Å². The van der Waals surface area contributed by atoms with Crippen LogP contribution in [0.5, 0.6) is 5.88 Å². The zero-order valence-electron chi connectivity index (χ0n) is 11.9. The number of rotatable bonds is 5. The van der Waals surface area contributed by atoms with Gasteiger partial charge in [0, 0.05) is 18.8 Å². The molecule has 1 aliphatic carbocycles. The molecule has 1 heterocycles. The molecule has 0 aliphatic heterocycles. The maximum Gasteiger partial charge on any atom is 0.226 e. The average molecular weight is 264 g/mol. The number of nitrogens with one attached hydrogen (secondary N) is 1. The van der Waals surface area contributed by atoms with Crippen molar-refractivity contribution in [3.63, 3.8) is 0 Å². The number of nitrogens with two attached hydrogens (primary N) is 1. The molecule has 0 aromatic carbocycles. The van der Waals surface area contributed by atoms with Crippen molar-refractivity contribution in [1.29, 1.82) is 0 Å². The Morgan fingerprint density at radius 1 is 1.53 bits per heavy atom. The fourth-order valence-electron chi connectivity index (χ4n) is 2.81. The third-order valence-electron chi connectivity index (χ3n) is 4.10. The number of ether oxygens (including phenoxy) is 1. The highest BCUT2D eigenvalue weighted by Crippen LogP contribution is 2.35. The summed E-state index contributed by atoms with van der Waals surface area (Å²) in [5, 5.41) is 3.47. The first-order valence-corrected chi connectivity index (χ1v) is 7.14. The van der Waals surface area contributed by atoms with Gasteiger partial charge in [0.1, 0.15) is 0 Å². The predicted molar refractivity (Wildman–Crippen MR) is 76.2 cm³/mol. The summed E-state index contributed by atoms with van der Waals surface area (Å²) >= 11 is 0. The van der Waals surface area contributed by atoms with Crippen LogP contribution in [0.25, 0.3) is 0 Å². The Kier molecular flexibility index (Phi) is 4.58. The van der Waals surface area contributed by atoms with E-state index >= 15 is 0 Å². The standard InChI is InChI=1S/C14H24N4O/c1-3-19-12-7-9-16-13(17-12)18-14(10-15)8-5-4-6-11(14)2/h7,9,11H,3-6,8,10,15H2,1-2H3,(H,16,17,18). The van der Waals surface area contributed by atoms with Crippen LogP contribution in [0.4, 0.5) is 5.95 Å². The van der Waals surface area contributed by atoms with E-state index in [0.717, 1.165) is 6.42 Å². The summed E-state index contributed by atoms with van der Waals surface area (Å²) in [6.45, 7) is 5.41. The van der Waals surface area contributed by atoms with Crippen LogP contribution >= 0.6 is 0 Å². The van der Waals surface area contributed by atoms with Crippen LogP contribution in [0.15, 0.2) is 12.3 Å². The quantitative estimate of drug-likeness (QED) is 0.853. The Labute approximate surface area is 115 Å². The van der Waals surface area contributed by atoms with Gasteiger partial charge < -0.3 is 15.8 Å². The number of aromatic nitrogens is 2. The number of hydrogen-bond acceptors (Lipinski definition) is 5. The minimum absolute atomic E-state index is 0.0803. The fourth-order valence-corrected chi connectivity index (χ4v) is 2.81. The van der Waals surface area contributed by atoms with Crippen molar-refractivity contribution < 1.29 is 4.74 Å². The zero-order chi connectivity index (χ0) is 13.7. The van der Waals surface area contributed by atoms with E-state index in [0.29, 0.717) is 30.9 Å². The van der Waals surface area contributed by atoms with Crippen molar-refractivity contribution in [2.45, 2.75) is 45.1 Å². The Morgan fingerprint density at radius 3 is 3.05 bits per heavy atom. The molecule has 106 valence electrons. The van der Waals surface area contributed by atoms with Crippen LogP contribution < -0.4 is 15.8 Å². The lowest BCUT2D eigenvalue weighted by Gasteiger charge is -2.42. The maximum absolute atomic E-state index is 6.02. The number of hydrogen-bond donors (Lipinski definition) is 2. The van der Waals surface area contributed by atoms with Gasteiger partial charge in [-0.05, 0) is 25.7 Å². The SMILES string of the molecule is CCOc1ccnc(NC2(CN)CCCCC2C)n1. The summed E-state index contributed by atoms with van der Waals surface area (Å²) in [6.07, 6.45) is 6.49. The van der Waals surface area contributed by atoms with Crippen molar-refractivity contribution in [3.8, 4) is 5.88 Å². The number of anilines is 1. The second-order valence-electron chi connectivity index (χ2n) is 5.28. The van der Waals surface area contributed by atoms with E-state index in [-0.39, 0.29) is 5.54 Å². The molecule has 2 unspecified atom stereocenters. The first kappa shape index (κ1) is 14.1. The summed E-state index contributed by atoms with van der Waals surface area (Å²) in [6, 6.07) is 1.77. The fraction of sp³-hybridized carbons (Fsp3) is 0.714. The molecule has 1 saturated carbocycles. The monoisotopic (exact) mass is 264 g/mol. The van der Waals surface area contributed by atoms with Crippen LogP contribution in [0, 0.1) is 5.92 Å². The van der Waals surface area contributed by atoms with Crippen LogP contribution in [0.1, 0.15) is 39.5 Å². The summed E-state index contributed by atoms with van der Waals surface area (Å²) in [4.78, 5) is 8.67. The Hall–Kier alpha value is -1.36. The van der Waals surface area contributed by atoms with Crippen LogP contribution in [0.3, 0.4) is 0 Å². The van der Waals surface area contributed by atoms with E-state index in [4.69, 9.17) is 10.5 Å². The first-order chi connectivity index (χ1) is 9.20. The van der Waals surface area contributed by atoms with Gasteiger partial charge in [-0.1, -0.05) is 19.8 Å². The van der Waals surface area contributed by atoms with Crippen molar-refractivity contribution >= 4 is 5.95 Å². The van der Waals surface area contributed by atoms with Crippen LogP contribution in [-0.2, 0) is 0 Å². The second-order valence-corrected chi connectivity index (χ2v) is 5.28. The highest BCUT2D eigenvalue weighted by atomic mass is 16.5. The van der Waals surface area contributed by atoms with Gasteiger partial charge in [0.05, 0.1) is 12.1 Å². The molecule has 3 N–H and O–H groups in total. The van der Waals surface area contributed by atoms with Gasteiger partial charge in [-0.3, -0.25) is 0 Å². The van der Waals surface area contributed by atoms with E-state index in [1.54, 1.807) is 12.3 Å². The Morgan fingerprint density at radius 2 is 2.37 bits per heavy atom. The largest absolute Gasteiger partial charge is 0.478 e. The van der Waals surface area contributed by atoms with Crippen molar-refractivity contribution in [3.05, 3.63) is 12.3 Å². The minimum atomic E-state index is -0.0803. The number of nitrogens with zero attached hydrogens (tertiary/aromatic N) is 2. The minimum Gasteiger partial charge on any atom is -0.478 e. The topological polar surface area (TPSA) is 73.1 Å². The average Bonchev–Trinajstić information content (AvgIpc) is 2.42. The molecule has 0 saturated heterocycles. The molecule has 0 bridgehead atoms. The molecule has 2 atom stereocenters. The maximum atomic E-state index is 6.02. The van der Waals surface area contributed by atoms with E-state index in [1.165, 1.54) is 19.3 Å². The molecule has 5 heteroatoms. The van der Waals surface area contributed by atoms with E-state index in [9.17, 15) is 0 Å². The highest BCUT2D eigenvalue weighted by Gasteiger charge is 2.37. The second kappa shape index (κ2) is 6.19. The van der Waals surface area contributed by atoms with Crippen molar-refractivity contribution in [2.75, 3.05) is 18.5 Å². The molecule has 5 nitrogen and oxygen atoms in total. The van der Waals surface area contributed by atoms with Crippen LogP contribution in [-0.4, -0.2) is 28.7 Å². The summed E-state index contributed by atoms with van der Waals surface area (Å²) in [5.74, 6) is 1.76. The smallest absolute Gasteiger partial charge is 0.226 e. The molecule has 2 rings (SSSR count). The summed E-state index contributed by atoms with van der Waals surface area (Å²) in [5.41, 5.74) is 5.94. The lowest BCUT2D eigenvalue weighted by Crippen LogP contribution is -2.52. The molecular formula is C14H24N4O. The Bertz CT molecular complexity index is 412. The molecular weight excluding hydrogens is 240 g/mol. The van der Waals surface area contributed by atoms with Gasteiger partial charge in [-0.25, -0.2) is 4.98 Å². The highest BCUT2D eigenvalue weighted by molar-refractivity contribution is 5.33. The van der Waals surface area contributed by atoms with Crippen molar-refractivity contribution in [1.82, 2.24) is 9.97 Å². The first-order valence-electron chi connectivity index (χ1n) is 7.14. The van der Waals surface area contributed by atoms with Crippen LogP contribution in [0.2, 0.25) is 0 Å². The third kappa shape index (κ3) is 3.15. The molecule has 0 amide bonds. The molecule has 0 radical (unpaired) electrons. The molecule has 1 aromatic rings. The van der Waals surface area contributed by atoms with Gasteiger partial charge in [-0.2, -0.15) is 4.98 Å². The van der Waals surface area contributed by atoms with Gasteiger partial charge >= 0.3 is 0 Å². The van der Waals surface area contributed by atoms with Crippen molar-refractivity contribution in [2.24, 2.45) is 11.7 Å². The van der Waals surface area contributed by atoms with Gasteiger partial charge in [0.2, 0.25) is 11.8 Å². The Balaban J connectivity index is 2.15. The van der Waals surface area contributed by atoms with E-state index in [1.807, 2.05) is 6.92 Å². The molecule has 19 heavy (non-hydrogen) atoms. The molecule has 1 aromatic heterocycles. The van der Waals surface area contributed by atoms with E-state index < -0.39 is 0 Å². The van der Waals surface area contributed by atoms with Gasteiger partial charge in [0.25, 0.3) is 0 Å². The molecule has 0 spiro atoms. The van der Waals surface area contributed by atoms with Gasteiger partial charge in [0.15, 0.2) is 0 Å². The van der Waals surface area contributed by atoms with Gasteiger partial charge in [-0.15, -0.1) is 0 Å². The molecule has 1 fully saturated rings. The summed E-state index contributed by atoms with van der Waals surface area (Å²) in [7, 11) is 0. The lowest BCUT2D eigenvalue weighted by molar-refractivity contribution is 0.234. The third-order valence-corrected chi connectivity index (χ3v) is 4.10. The lowest BCUT2D eigenvalue weighted by atomic mass is 9.73. The zero-order valence-corrected chi connectivity index (χ0v) is 11.9. The predicted octanol–water partition coefficient (Wildman–Crippen LogP) is 2.19. The normalized spacial score (nSPS) is 27.0. The molecule has 1 aliphatic rings.